The van der Waals surface area contributed by atoms with Crippen LogP contribution in [0.15, 0.2) is 48.5 Å². The smallest absolute Gasteiger partial charge is 0.333 e. The summed E-state index contributed by atoms with van der Waals surface area (Å²) in [6, 6.07) is 11.5. The maximum Gasteiger partial charge on any atom is 0.333 e. The highest BCUT2D eigenvalue weighted by molar-refractivity contribution is 5.98. The fourth-order valence-corrected chi connectivity index (χ4v) is 2.28. The minimum Gasteiger partial charge on any atom is -0.494 e. The lowest BCUT2D eigenvalue weighted by atomic mass is 9.91. The second kappa shape index (κ2) is 7.79. The van der Waals surface area contributed by atoms with Gasteiger partial charge in [0.05, 0.1) is 6.61 Å². The van der Waals surface area contributed by atoms with Crippen molar-refractivity contribution in [1.29, 1.82) is 0 Å². The largest absolute Gasteiger partial charge is 0.494 e. The van der Waals surface area contributed by atoms with Crippen molar-refractivity contribution in [1.82, 2.24) is 5.32 Å². The normalized spacial score (nSPS) is 12.9. The average Bonchev–Trinajstić information content (AvgIpc) is 2.60. The third kappa shape index (κ3) is 4.35. The molecule has 2 N–H and O–H groups in total. The highest BCUT2D eigenvalue weighted by Crippen LogP contribution is 2.23. The van der Waals surface area contributed by atoms with Crippen LogP contribution in [0.5, 0.6) is 5.75 Å². The molecular weight excluding hydrogens is 325 g/mol. The number of carbonyl (C=O) groups is 2. The molecule has 0 heterocycles. The molecule has 0 saturated heterocycles. The monoisotopic (exact) mass is 345 g/mol. The summed E-state index contributed by atoms with van der Waals surface area (Å²) in [6.07, 6.45) is 0.831. The third-order valence-electron chi connectivity index (χ3n) is 3.78. The first-order valence-electron chi connectivity index (χ1n) is 7.91. The molecule has 0 fully saturated rings. The number of halogens is 1. The van der Waals surface area contributed by atoms with Crippen LogP contribution in [0.2, 0.25) is 0 Å². The van der Waals surface area contributed by atoms with E-state index >= 15 is 0 Å². The van der Waals surface area contributed by atoms with E-state index in [1.54, 1.807) is 24.3 Å². The quantitative estimate of drug-likeness (QED) is 0.807. The zero-order valence-electron chi connectivity index (χ0n) is 14.1. The van der Waals surface area contributed by atoms with Gasteiger partial charge in [-0.05, 0) is 49.2 Å². The van der Waals surface area contributed by atoms with E-state index in [0.717, 1.165) is 18.6 Å². The van der Waals surface area contributed by atoms with Crippen molar-refractivity contribution >= 4 is 11.9 Å². The molecular formula is C19H20FNO4. The van der Waals surface area contributed by atoms with Crippen LogP contribution in [0.4, 0.5) is 4.39 Å². The van der Waals surface area contributed by atoms with Gasteiger partial charge in [-0.3, -0.25) is 4.79 Å². The number of carbonyl (C=O) groups excluding carboxylic acids is 1. The Bertz CT molecular complexity index is 760. The van der Waals surface area contributed by atoms with Gasteiger partial charge in [-0.1, -0.05) is 25.1 Å². The summed E-state index contributed by atoms with van der Waals surface area (Å²) in [5.41, 5.74) is -1.14. The van der Waals surface area contributed by atoms with Crippen LogP contribution in [0.3, 0.4) is 0 Å². The molecule has 0 spiro atoms. The molecule has 1 amide bonds. The van der Waals surface area contributed by atoms with Crippen molar-refractivity contribution in [2.45, 2.75) is 25.8 Å². The average molecular weight is 345 g/mol. The highest BCUT2D eigenvalue weighted by Gasteiger charge is 2.37. The molecule has 0 bridgehead atoms. The van der Waals surface area contributed by atoms with Crippen LogP contribution in [0.1, 0.15) is 36.2 Å². The molecule has 6 heteroatoms. The predicted molar refractivity (Wildman–Crippen MR) is 91.1 cm³/mol. The van der Waals surface area contributed by atoms with Gasteiger partial charge >= 0.3 is 5.97 Å². The minimum atomic E-state index is -1.69. The Morgan fingerprint density at radius 2 is 1.88 bits per heavy atom. The second-order valence-electron chi connectivity index (χ2n) is 5.77. The molecule has 1 unspecified atom stereocenters. The van der Waals surface area contributed by atoms with Crippen molar-refractivity contribution in [3.63, 3.8) is 0 Å². The van der Waals surface area contributed by atoms with Crippen molar-refractivity contribution in [2.24, 2.45) is 0 Å². The van der Waals surface area contributed by atoms with Crippen LogP contribution in [-0.2, 0) is 10.3 Å². The number of benzene rings is 2. The zero-order valence-corrected chi connectivity index (χ0v) is 14.1. The lowest BCUT2D eigenvalue weighted by molar-refractivity contribution is -0.144. The lowest BCUT2D eigenvalue weighted by Gasteiger charge is -2.27. The molecule has 0 saturated carbocycles. The SMILES string of the molecule is CCCOc1cccc(C(=O)NC(C)(C(=O)O)c2ccc(F)cc2)c1. The molecule has 5 nitrogen and oxygen atoms in total. The molecule has 0 aliphatic heterocycles. The first kappa shape index (κ1) is 18.4. The number of carboxylic acid groups (broad SMARTS) is 1. The number of hydrogen-bond donors (Lipinski definition) is 2. The van der Waals surface area contributed by atoms with Gasteiger partial charge in [0, 0.05) is 5.56 Å². The third-order valence-corrected chi connectivity index (χ3v) is 3.78. The fraction of sp³-hybridized carbons (Fsp3) is 0.263. The minimum absolute atomic E-state index is 0.271. The van der Waals surface area contributed by atoms with Crippen molar-refractivity contribution in [3.05, 3.63) is 65.5 Å². The molecule has 2 aromatic carbocycles. The van der Waals surface area contributed by atoms with Crippen LogP contribution in [-0.4, -0.2) is 23.6 Å². The molecule has 0 radical (unpaired) electrons. The molecule has 0 aliphatic carbocycles. The van der Waals surface area contributed by atoms with Gasteiger partial charge in [0.25, 0.3) is 5.91 Å². The number of amides is 1. The molecule has 2 rings (SSSR count). The first-order valence-corrected chi connectivity index (χ1v) is 7.91. The van der Waals surface area contributed by atoms with Crippen molar-refractivity contribution in [3.8, 4) is 5.75 Å². The number of hydrogen-bond acceptors (Lipinski definition) is 3. The Morgan fingerprint density at radius 1 is 1.20 bits per heavy atom. The van der Waals surface area contributed by atoms with Gasteiger partial charge in [0.1, 0.15) is 11.6 Å². The summed E-state index contributed by atoms with van der Waals surface area (Å²) >= 11 is 0. The Labute approximate surface area is 145 Å². The van der Waals surface area contributed by atoms with Crippen LogP contribution >= 0.6 is 0 Å². The Hall–Kier alpha value is -2.89. The maximum atomic E-state index is 13.1. The maximum absolute atomic E-state index is 13.1. The van der Waals surface area contributed by atoms with E-state index in [1.807, 2.05) is 6.92 Å². The van der Waals surface area contributed by atoms with E-state index in [-0.39, 0.29) is 11.1 Å². The summed E-state index contributed by atoms with van der Waals surface area (Å²) in [7, 11) is 0. The molecule has 132 valence electrons. The van der Waals surface area contributed by atoms with Gasteiger partial charge < -0.3 is 15.2 Å². The number of nitrogens with one attached hydrogen (secondary N) is 1. The highest BCUT2D eigenvalue weighted by atomic mass is 19.1. The van der Waals surface area contributed by atoms with E-state index in [4.69, 9.17) is 4.74 Å². The van der Waals surface area contributed by atoms with E-state index in [2.05, 4.69) is 5.32 Å². The standard InChI is InChI=1S/C19H20FNO4/c1-3-11-25-16-6-4-5-13(12-16)17(22)21-19(2,18(23)24)14-7-9-15(20)10-8-14/h4-10,12H,3,11H2,1-2H3,(H,21,22)(H,23,24). The van der Waals surface area contributed by atoms with Gasteiger partial charge in [0.15, 0.2) is 5.54 Å². The van der Waals surface area contributed by atoms with Gasteiger partial charge in [-0.25, -0.2) is 9.18 Å². The van der Waals surface area contributed by atoms with Gasteiger partial charge in [-0.2, -0.15) is 0 Å². The molecule has 0 aromatic heterocycles. The van der Waals surface area contributed by atoms with Crippen LogP contribution in [0, 0.1) is 5.82 Å². The topological polar surface area (TPSA) is 75.6 Å². The number of aliphatic carboxylic acids is 1. The summed E-state index contributed by atoms with van der Waals surface area (Å²) < 4.78 is 18.6. The Kier molecular flexibility index (Phi) is 5.75. The fourth-order valence-electron chi connectivity index (χ4n) is 2.28. The van der Waals surface area contributed by atoms with E-state index < -0.39 is 23.2 Å². The number of ether oxygens (including phenoxy) is 1. The predicted octanol–water partition coefficient (Wildman–Crippen LogP) is 3.34. The number of rotatable bonds is 7. The summed E-state index contributed by atoms with van der Waals surface area (Å²) in [6.45, 7) is 3.85. The summed E-state index contributed by atoms with van der Waals surface area (Å²) in [5.74, 6) is -1.75. The molecule has 25 heavy (non-hydrogen) atoms. The zero-order chi connectivity index (χ0) is 18.4. The van der Waals surface area contributed by atoms with Gasteiger partial charge in [0.2, 0.25) is 0 Å². The second-order valence-corrected chi connectivity index (χ2v) is 5.77. The molecule has 1 atom stereocenters. The number of carboxylic acids is 1. The lowest BCUT2D eigenvalue weighted by Crippen LogP contribution is -2.49. The summed E-state index contributed by atoms with van der Waals surface area (Å²) in [4.78, 5) is 24.3. The molecule has 0 aliphatic rings. The van der Waals surface area contributed by atoms with Crippen molar-refractivity contribution in [2.75, 3.05) is 6.61 Å². The van der Waals surface area contributed by atoms with Crippen LogP contribution < -0.4 is 10.1 Å². The Morgan fingerprint density at radius 3 is 2.48 bits per heavy atom. The molecule has 2 aromatic rings. The van der Waals surface area contributed by atoms with Gasteiger partial charge in [-0.15, -0.1) is 0 Å². The van der Waals surface area contributed by atoms with Crippen LogP contribution in [0.25, 0.3) is 0 Å². The summed E-state index contributed by atoms with van der Waals surface area (Å²) in [5, 5.41) is 12.1. The van der Waals surface area contributed by atoms with Crippen molar-refractivity contribution < 1.29 is 23.8 Å². The Balaban J connectivity index is 2.26. The van der Waals surface area contributed by atoms with E-state index in [0.29, 0.717) is 12.4 Å². The first-order chi connectivity index (χ1) is 11.9. The van der Waals surface area contributed by atoms with E-state index in [9.17, 15) is 19.1 Å². The van der Waals surface area contributed by atoms with E-state index in [1.165, 1.54) is 19.1 Å².